The Balaban J connectivity index is 3.06. The second kappa shape index (κ2) is 5.89. The number of esters is 1. The van der Waals surface area contributed by atoms with Gasteiger partial charge >= 0.3 is 12.8 Å². The highest BCUT2D eigenvalue weighted by molar-refractivity contribution is 7.85. The molecule has 0 saturated carbocycles. The van der Waals surface area contributed by atoms with Crippen LogP contribution >= 0.6 is 18.0 Å². The number of hydrogen-bond donors (Lipinski definition) is 1. The SMILES string of the molecule is COC(=O)[C@H](C(C)C)N1C=CCCNP1(=O)Cl. The molecule has 0 aliphatic carbocycles. The molecule has 1 N–H and O–H groups in total. The summed E-state index contributed by atoms with van der Waals surface area (Å²) in [5.41, 5.74) is 0. The highest BCUT2D eigenvalue weighted by Crippen LogP contribution is 2.53. The van der Waals surface area contributed by atoms with Crippen LogP contribution in [0.1, 0.15) is 20.3 Å². The third-order valence-electron chi connectivity index (χ3n) is 2.53. The van der Waals surface area contributed by atoms with E-state index in [2.05, 4.69) is 5.09 Å². The minimum absolute atomic E-state index is 0.0564. The molecule has 0 fully saturated rings. The molecule has 0 aromatic carbocycles. The molecule has 1 unspecified atom stereocenters. The van der Waals surface area contributed by atoms with Crippen LogP contribution in [0.3, 0.4) is 0 Å². The van der Waals surface area contributed by atoms with Gasteiger partial charge in [-0.1, -0.05) is 19.9 Å². The second-order valence-electron chi connectivity index (χ2n) is 4.18. The summed E-state index contributed by atoms with van der Waals surface area (Å²) in [5.74, 6) is -0.492. The summed E-state index contributed by atoms with van der Waals surface area (Å²) in [6, 6.07) is -0.648. The molecule has 1 rings (SSSR count). The van der Waals surface area contributed by atoms with Crippen LogP contribution in [0.2, 0.25) is 0 Å². The predicted molar refractivity (Wildman–Crippen MR) is 67.7 cm³/mol. The zero-order valence-corrected chi connectivity index (χ0v) is 11.9. The number of hydrogen-bond acceptors (Lipinski definition) is 3. The maximum absolute atomic E-state index is 12.3. The van der Waals surface area contributed by atoms with Gasteiger partial charge in [0.15, 0.2) is 0 Å². The first-order valence-corrected chi connectivity index (χ1v) is 8.04. The first-order valence-electron chi connectivity index (χ1n) is 5.48. The van der Waals surface area contributed by atoms with Crippen molar-refractivity contribution in [3.05, 3.63) is 12.3 Å². The topological polar surface area (TPSA) is 58.6 Å². The third-order valence-corrected chi connectivity index (χ3v) is 5.00. The van der Waals surface area contributed by atoms with Gasteiger partial charge in [-0.2, -0.15) is 0 Å². The lowest BCUT2D eigenvalue weighted by atomic mass is 10.1. The van der Waals surface area contributed by atoms with Crippen LogP contribution in [0, 0.1) is 5.92 Å². The Morgan fingerprint density at radius 2 is 2.24 bits per heavy atom. The summed E-state index contributed by atoms with van der Waals surface area (Å²) in [6.45, 7) is 0.995. The largest absolute Gasteiger partial charge is 0.467 e. The van der Waals surface area contributed by atoms with Crippen molar-refractivity contribution in [1.82, 2.24) is 9.76 Å². The molecule has 0 saturated heterocycles. The Bertz CT molecular complexity index is 359. The van der Waals surface area contributed by atoms with E-state index in [9.17, 15) is 9.36 Å². The van der Waals surface area contributed by atoms with E-state index in [0.717, 1.165) is 6.42 Å². The molecule has 5 nitrogen and oxygen atoms in total. The smallest absolute Gasteiger partial charge is 0.329 e. The molecule has 7 heteroatoms. The molecule has 0 aromatic rings. The summed E-state index contributed by atoms with van der Waals surface area (Å²) >= 11 is 5.99. The molecule has 17 heavy (non-hydrogen) atoms. The van der Waals surface area contributed by atoms with Crippen molar-refractivity contribution in [3.63, 3.8) is 0 Å². The molecule has 0 radical (unpaired) electrons. The molecule has 1 aliphatic rings. The lowest BCUT2D eigenvalue weighted by molar-refractivity contribution is -0.145. The number of ether oxygens (including phenoxy) is 1. The molecule has 0 bridgehead atoms. The number of methoxy groups -OCH3 is 1. The number of carbonyl (C=O) groups excluding carboxylic acids is 1. The normalized spacial score (nSPS) is 26.8. The Morgan fingerprint density at radius 3 is 2.76 bits per heavy atom. The van der Waals surface area contributed by atoms with Gasteiger partial charge in [0.05, 0.1) is 7.11 Å². The Labute approximate surface area is 106 Å². The van der Waals surface area contributed by atoms with E-state index in [1.807, 2.05) is 19.9 Å². The van der Waals surface area contributed by atoms with E-state index < -0.39 is 18.8 Å². The van der Waals surface area contributed by atoms with E-state index in [1.54, 1.807) is 6.20 Å². The van der Waals surface area contributed by atoms with Crippen LogP contribution in [-0.2, 0) is 14.1 Å². The first-order chi connectivity index (χ1) is 7.90. The van der Waals surface area contributed by atoms with Gasteiger partial charge in [-0.3, -0.25) is 9.24 Å². The molecular formula is C10H18ClN2O3P. The fourth-order valence-corrected chi connectivity index (χ4v) is 3.90. The molecule has 1 heterocycles. The van der Waals surface area contributed by atoms with Crippen LogP contribution in [0.25, 0.3) is 0 Å². The molecular weight excluding hydrogens is 263 g/mol. The summed E-state index contributed by atoms with van der Waals surface area (Å²) in [7, 11) is 1.31. The predicted octanol–water partition coefficient (Wildman–Crippen LogP) is 2.34. The average Bonchev–Trinajstić information content (AvgIpc) is 2.40. The zero-order chi connectivity index (χ0) is 13.1. The molecule has 2 atom stereocenters. The second-order valence-corrected chi connectivity index (χ2v) is 7.33. The van der Waals surface area contributed by atoms with Gasteiger partial charge in [0, 0.05) is 12.7 Å². The molecule has 0 amide bonds. The van der Waals surface area contributed by atoms with Gasteiger partial charge in [-0.25, -0.2) is 9.88 Å². The lowest BCUT2D eigenvalue weighted by Crippen LogP contribution is -2.41. The van der Waals surface area contributed by atoms with Crippen LogP contribution in [0.5, 0.6) is 0 Å². The van der Waals surface area contributed by atoms with Gasteiger partial charge in [-0.05, 0) is 23.6 Å². The van der Waals surface area contributed by atoms with Crippen LogP contribution in [-0.4, -0.2) is 30.3 Å². The molecule has 98 valence electrons. The van der Waals surface area contributed by atoms with Crippen LogP contribution in [0.15, 0.2) is 12.3 Å². The fourth-order valence-electron chi connectivity index (χ4n) is 1.69. The Morgan fingerprint density at radius 1 is 1.59 bits per heavy atom. The van der Waals surface area contributed by atoms with Gasteiger partial charge in [-0.15, -0.1) is 0 Å². The fraction of sp³-hybridized carbons (Fsp3) is 0.700. The average molecular weight is 281 g/mol. The number of nitrogens with one attached hydrogen (secondary N) is 1. The van der Waals surface area contributed by atoms with Crippen molar-refractivity contribution in [2.24, 2.45) is 5.92 Å². The zero-order valence-electron chi connectivity index (χ0n) is 10.2. The van der Waals surface area contributed by atoms with Crippen molar-refractivity contribution in [2.75, 3.05) is 13.7 Å². The van der Waals surface area contributed by atoms with Crippen molar-refractivity contribution in [3.8, 4) is 0 Å². The Hall–Kier alpha value is -0.510. The summed E-state index contributed by atoms with van der Waals surface area (Å²) in [6.07, 6.45) is 4.18. The number of nitrogens with zero attached hydrogens (tertiary/aromatic N) is 1. The van der Waals surface area contributed by atoms with Crippen LogP contribution in [0.4, 0.5) is 0 Å². The lowest BCUT2D eigenvalue weighted by Gasteiger charge is -2.33. The summed E-state index contributed by atoms with van der Waals surface area (Å²) < 4.78 is 18.4. The number of rotatable bonds is 3. The third kappa shape index (κ3) is 3.47. The van der Waals surface area contributed by atoms with Gasteiger partial charge in [0.2, 0.25) is 0 Å². The van der Waals surface area contributed by atoms with E-state index in [0.29, 0.717) is 6.54 Å². The maximum Gasteiger partial charge on any atom is 0.329 e. The quantitative estimate of drug-likeness (QED) is 0.635. The van der Waals surface area contributed by atoms with Gasteiger partial charge in [0.1, 0.15) is 6.04 Å². The maximum atomic E-state index is 12.3. The highest BCUT2D eigenvalue weighted by Gasteiger charge is 2.38. The molecule has 0 aromatic heterocycles. The Kier molecular flexibility index (Phi) is 5.04. The van der Waals surface area contributed by atoms with E-state index >= 15 is 0 Å². The minimum Gasteiger partial charge on any atom is -0.467 e. The van der Waals surface area contributed by atoms with Crippen molar-refractivity contribution in [2.45, 2.75) is 26.3 Å². The van der Waals surface area contributed by atoms with Gasteiger partial charge in [0.25, 0.3) is 0 Å². The van der Waals surface area contributed by atoms with Gasteiger partial charge < -0.3 is 4.74 Å². The number of carbonyl (C=O) groups is 1. The standard InChI is InChI=1S/C10H18ClN2O3P/c1-8(2)9(10(14)16-3)13-7-5-4-6-12-17(13,11)15/h5,7-9H,4,6H2,1-3H3,(H,12,15)/t9-,17?/m0/s1. The molecule has 0 spiro atoms. The van der Waals surface area contributed by atoms with Crippen LogP contribution < -0.4 is 5.09 Å². The molecule has 1 aliphatic heterocycles. The summed E-state index contributed by atoms with van der Waals surface area (Å²) in [5, 5.41) is 2.76. The summed E-state index contributed by atoms with van der Waals surface area (Å²) in [4.78, 5) is 11.7. The van der Waals surface area contributed by atoms with Crippen molar-refractivity contribution < 1.29 is 14.1 Å². The van der Waals surface area contributed by atoms with Crippen molar-refractivity contribution in [1.29, 1.82) is 0 Å². The first kappa shape index (κ1) is 14.6. The van der Waals surface area contributed by atoms with E-state index in [-0.39, 0.29) is 5.92 Å². The van der Waals surface area contributed by atoms with E-state index in [1.165, 1.54) is 11.8 Å². The van der Waals surface area contributed by atoms with E-state index in [4.69, 9.17) is 16.0 Å². The van der Waals surface area contributed by atoms with Crippen molar-refractivity contribution >= 4 is 24.0 Å². The highest BCUT2D eigenvalue weighted by atomic mass is 35.7. The monoisotopic (exact) mass is 280 g/mol. The minimum atomic E-state index is -3.25. The number of halogens is 1.